The molecular formula is C30H27NO4. The molecule has 1 aromatic heterocycles. The first-order valence-electron chi connectivity index (χ1n) is 12.1. The molecule has 4 aromatic rings. The zero-order valence-electron chi connectivity index (χ0n) is 19.7. The molecule has 3 aromatic carbocycles. The van der Waals surface area contributed by atoms with Crippen LogP contribution in [0.3, 0.4) is 0 Å². The lowest BCUT2D eigenvalue weighted by atomic mass is 9.60. The Morgan fingerprint density at radius 1 is 1.00 bits per heavy atom. The van der Waals surface area contributed by atoms with Crippen LogP contribution in [0.4, 0.5) is 5.69 Å². The van der Waals surface area contributed by atoms with Crippen LogP contribution in [0.25, 0.3) is 22.1 Å². The van der Waals surface area contributed by atoms with E-state index in [9.17, 15) is 14.7 Å². The van der Waals surface area contributed by atoms with Crippen molar-refractivity contribution in [3.8, 4) is 11.3 Å². The van der Waals surface area contributed by atoms with Gasteiger partial charge in [-0.15, -0.1) is 0 Å². The normalized spacial score (nSPS) is 22.8. The molecular weight excluding hydrogens is 438 g/mol. The number of hydrogen-bond donors (Lipinski definition) is 2. The molecule has 5 nitrogen and oxygen atoms in total. The van der Waals surface area contributed by atoms with Crippen LogP contribution in [0.5, 0.6) is 0 Å². The van der Waals surface area contributed by atoms with E-state index < -0.39 is 5.97 Å². The quantitative estimate of drug-likeness (QED) is 0.339. The topological polar surface area (TPSA) is 79.5 Å². The fourth-order valence-electron chi connectivity index (χ4n) is 6.09. The number of fused-ring (bicyclic) bond motifs is 5. The third kappa shape index (κ3) is 3.63. The zero-order valence-corrected chi connectivity index (χ0v) is 19.7. The summed E-state index contributed by atoms with van der Waals surface area (Å²) in [6.07, 6.45) is 1.49. The number of carboxylic acids is 1. The van der Waals surface area contributed by atoms with E-state index in [-0.39, 0.29) is 34.6 Å². The number of carbonyl (C=O) groups is 2. The zero-order chi connectivity index (χ0) is 24.3. The Morgan fingerprint density at radius 3 is 2.54 bits per heavy atom. The molecule has 1 aliphatic heterocycles. The van der Waals surface area contributed by atoms with E-state index in [1.54, 1.807) is 24.3 Å². The van der Waals surface area contributed by atoms with Gasteiger partial charge in [-0.2, -0.15) is 0 Å². The van der Waals surface area contributed by atoms with Crippen LogP contribution >= 0.6 is 0 Å². The van der Waals surface area contributed by atoms with Crippen LogP contribution in [0.1, 0.15) is 60.3 Å². The lowest BCUT2D eigenvalue weighted by Crippen LogP contribution is -2.44. The first-order chi connectivity index (χ1) is 16.8. The Kier molecular flexibility index (Phi) is 4.85. The molecule has 0 radical (unpaired) electrons. The van der Waals surface area contributed by atoms with Crippen molar-refractivity contribution < 1.29 is 19.1 Å². The summed E-state index contributed by atoms with van der Waals surface area (Å²) in [5.74, 6) is 0.578. The minimum atomic E-state index is -0.959. The number of furan rings is 1. The average Bonchev–Trinajstić information content (AvgIpc) is 3.32. The number of carboxylic acid groups (broad SMARTS) is 1. The number of benzene rings is 3. The van der Waals surface area contributed by atoms with Crippen LogP contribution in [-0.4, -0.2) is 16.9 Å². The lowest BCUT2D eigenvalue weighted by Gasteiger charge is -2.47. The first-order valence-corrected chi connectivity index (χ1v) is 12.1. The molecule has 0 saturated heterocycles. The van der Waals surface area contributed by atoms with Gasteiger partial charge in [0.25, 0.3) is 0 Å². The SMILES string of the molecule is CC1(C)CC(=O)C2C(C1)c1c(ccc3ccccc13)NC2c1ccc(-c2ccc(C(=O)O)cc2)o1. The first kappa shape index (κ1) is 21.7. The Hall–Kier alpha value is -3.86. The van der Waals surface area contributed by atoms with Crippen molar-refractivity contribution in [2.75, 3.05) is 5.32 Å². The van der Waals surface area contributed by atoms with Crippen molar-refractivity contribution in [3.63, 3.8) is 0 Å². The van der Waals surface area contributed by atoms with Gasteiger partial charge in [0.15, 0.2) is 0 Å². The van der Waals surface area contributed by atoms with E-state index in [0.29, 0.717) is 12.2 Å². The van der Waals surface area contributed by atoms with Gasteiger partial charge >= 0.3 is 5.97 Å². The summed E-state index contributed by atoms with van der Waals surface area (Å²) in [7, 11) is 0. The average molecular weight is 466 g/mol. The molecule has 6 rings (SSSR count). The van der Waals surface area contributed by atoms with Crippen molar-refractivity contribution in [3.05, 3.63) is 89.7 Å². The van der Waals surface area contributed by atoms with Gasteiger partial charge in [0.05, 0.1) is 17.5 Å². The second-order valence-electron chi connectivity index (χ2n) is 10.6. The van der Waals surface area contributed by atoms with Crippen molar-refractivity contribution >= 4 is 28.2 Å². The molecule has 176 valence electrons. The molecule has 0 amide bonds. The molecule has 2 aliphatic rings. The minimum Gasteiger partial charge on any atom is -0.478 e. The fraction of sp³-hybridized carbons (Fsp3) is 0.267. The summed E-state index contributed by atoms with van der Waals surface area (Å²) in [5, 5.41) is 15.2. The van der Waals surface area contributed by atoms with Gasteiger partial charge in [0, 0.05) is 17.7 Å². The lowest BCUT2D eigenvalue weighted by molar-refractivity contribution is -0.129. The van der Waals surface area contributed by atoms with Gasteiger partial charge in [-0.25, -0.2) is 4.79 Å². The van der Waals surface area contributed by atoms with Gasteiger partial charge in [0.1, 0.15) is 17.3 Å². The number of aromatic carboxylic acids is 1. The maximum absolute atomic E-state index is 13.6. The van der Waals surface area contributed by atoms with Crippen molar-refractivity contribution in [1.82, 2.24) is 0 Å². The molecule has 2 heterocycles. The third-order valence-electron chi connectivity index (χ3n) is 7.59. The molecule has 1 aliphatic carbocycles. The van der Waals surface area contributed by atoms with E-state index >= 15 is 0 Å². The predicted molar refractivity (Wildman–Crippen MR) is 136 cm³/mol. The van der Waals surface area contributed by atoms with E-state index in [1.807, 2.05) is 12.1 Å². The second kappa shape index (κ2) is 7.84. The van der Waals surface area contributed by atoms with Crippen molar-refractivity contribution in [1.29, 1.82) is 0 Å². The highest BCUT2D eigenvalue weighted by molar-refractivity contribution is 5.94. The number of carbonyl (C=O) groups excluding carboxylic acids is 1. The Balaban J connectivity index is 1.44. The Labute approximate surface area is 203 Å². The molecule has 0 bridgehead atoms. The van der Waals surface area contributed by atoms with E-state index in [1.165, 1.54) is 16.3 Å². The molecule has 5 heteroatoms. The summed E-state index contributed by atoms with van der Waals surface area (Å²) in [5.41, 5.74) is 3.27. The summed E-state index contributed by atoms with van der Waals surface area (Å²) < 4.78 is 6.30. The molecule has 3 atom stereocenters. The van der Waals surface area contributed by atoms with Crippen LogP contribution in [0, 0.1) is 11.3 Å². The Morgan fingerprint density at radius 2 is 1.77 bits per heavy atom. The van der Waals surface area contributed by atoms with Crippen LogP contribution < -0.4 is 5.32 Å². The predicted octanol–water partition coefficient (Wildman–Crippen LogP) is 7.05. The van der Waals surface area contributed by atoms with Gasteiger partial charge in [-0.05, 0) is 64.4 Å². The smallest absolute Gasteiger partial charge is 0.335 e. The highest BCUT2D eigenvalue weighted by Gasteiger charge is 2.49. The highest BCUT2D eigenvalue weighted by atomic mass is 16.4. The number of Topliss-reactive ketones (excluding diaryl/α,β-unsaturated/α-hetero) is 1. The van der Waals surface area contributed by atoms with Gasteiger partial charge in [-0.3, -0.25) is 4.79 Å². The maximum atomic E-state index is 13.6. The second-order valence-corrected chi connectivity index (χ2v) is 10.6. The highest BCUT2D eigenvalue weighted by Crippen LogP contribution is 2.56. The van der Waals surface area contributed by atoms with E-state index in [4.69, 9.17) is 4.42 Å². The monoisotopic (exact) mass is 465 g/mol. The van der Waals surface area contributed by atoms with Gasteiger partial charge < -0.3 is 14.8 Å². The standard InChI is InChI=1S/C30H27NO4/c1-30(2)15-21-26-20-6-4-3-5-17(20)11-12-22(26)31-28(27(21)23(32)16-30)25-14-13-24(35-25)18-7-9-19(10-8-18)29(33)34/h3-14,21,27-28,31H,15-16H2,1-2H3,(H,33,34). The number of ketones is 1. The van der Waals surface area contributed by atoms with Crippen LogP contribution in [0.2, 0.25) is 0 Å². The fourth-order valence-corrected chi connectivity index (χ4v) is 6.09. The maximum Gasteiger partial charge on any atom is 0.335 e. The van der Waals surface area contributed by atoms with Gasteiger partial charge in [-0.1, -0.05) is 56.3 Å². The number of hydrogen-bond acceptors (Lipinski definition) is 4. The summed E-state index contributed by atoms with van der Waals surface area (Å²) in [6, 6.07) is 22.9. The Bertz CT molecular complexity index is 1460. The summed E-state index contributed by atoms with van der Waals surface area (Å²) >= 11 is 0. The van der Waals surface area contributed by atoms with Crippen LogP contribution in [-0.2, 0) is 4.79 Å². The summed E-state index contributed by atoms with van der Waals surface area (Å²) in [4.78, 5) is 24.8. The third-order valence-corrected chi connectivity index (χ3v) is 7.59. The summed E-state index contributed by atoms with van der Waals surface area (Å²) in [6.45, 7) is 4.38. The molecule has 1 fully saturated rings. The van der Waals surface area contributed by atoms with E-state index in [0.717, 1.165) is 23.4 Å². The number of nitrogens with one attached hydrogen (secondary N) is 1. The molecule has 35 heavy (non-hydrogen) atoms. The van der Waals surface area contributed by atoms with Crippen molar-refractivity contribution in [2.45, 2.75) is 38.6 Å². The number of anilines is 1. The number of rotatable bonds is 3. The van der Waals surface area contributed by atoms with E-state index in [2.05, 4.69) is 55.6 Å². The molecule has 0 spiro atoms. The molecule has 1 saturated carbocycles. The van der Waals surface area contributed by atoms with Gasteiger partial charge in [0.2, 0.25) is 0 Å². The molecule has 2 N–H and O–H groups in total. The minimum absolute atomic E-state index is 0.0609. The van der Waals surface area contributed by atoms with Crippen molar-refractivity contribution in [2.24, 2.45) is 11.3 Å². The van der Waals surface area contributed by atoms with Crippen LogP contribution in [0.15, 0.2) is 77.2 Å². The largest absolute Gasteiger partial charge is 0.478 e. The molecule has 3 unspecified atom stereocenters.